The molecule has 3 aromatic rings. The quantitative estimate of drug-likeness (QED) is 0.648. The van der Waals surface area contributed by atoms with E-state index in [9.17, 15) is 4.79 Å². The summed E-state index contributed by atoms with van der Waals surface area (Å²) >= 11 is 0. The van der Waals surface area contributed by atoms with Crippen molar-refractivity contribution in [1.29, 1.82) is 0 Å². The zero-order valence-corrected chi connectivity index (χ0v) is 18.8. The van der Waals surface area contributed by atoms with Crippen molar-refractivity contribution in [2.45, 2.75) is 46.2 Å². The summed E-state index contributed by atoms with van der Waals surface area (Å²) in [5, 5.41) is 10.5. The average molecular weight is 432 g/mol. The number of nitrogens with zero attached hydrogens (tertiary/aromatic N) is 5. The topological polar surface area (TPSA) is 91.7 Å². The highest BCUT2D eigenvalue weighted by Crippen LogP contribution is 2.51. The number of carbonyl (C=O) groups is 1. The smallest absolute Gasteiger partial charge is 0.272 e. The first-order valence-corrected chi connectivity index (χ1v) is 11.6. The molecule has 4 heterocycles. The molecule has 8 nitrogen and oxygen atoms in total. The highest BCUT2D eigenvalue weighted by atomic mass is 16.2. The number of amides is 1. The molecular formula is C24H29N7O. The summed E-state index contributed by atoms with van der Waals surface area (Å²) in [4.78, 5) is 24.4. The molecule has 0 bridgehead atoms. The predicted molar refractivity (Wildman–Crippen MR) is 121 cm³/mol. The molecule has 1 aliphatic heterocycles. The number of fused-ring (bicyclic) bond motifs is 2. The van der Waals surface area contributed by atoms with E-state index in [0.717, 1.165) is 72.1 Å². The molecule has 32 heavy (non-hydrogen) atoms. The molecule has 2 N–H and O–H groups in total. The van der Waals surface area contributed by atoms with Gasteiger partial charge in [-0.1, -0.05) is 13.0 Å². The first kappa shape index (κ1) is 19.5. The Labute approximate surface area is 187 Å². The van der Waals surface area contributed by atoms with E-state index < -0.39 is 0 Å². The normalized spacial score (nSPS) is 25.7. The van der Waals surface area contributed by atoms with Crippen molar-refractivity contribution in [3.05, 3.63) is 58.6 Å². The van der Waals surface area contributed by atoms with E-state index in [1.54, 1.807) is 6.33 Å². The second-order valence-corrected chi connectivity index (χ2v) is 9.71. The molecule has 1 unspecified atom stereocenters. The van der Waals surface area contributed by atoms with Crippen LogP contribution in [0.1, 0.15) is 58.1 Å². The number of aryl methyl sites for hydroxylation is 2. The Morgan fingerprint density at radius 2 is 2.06 bits per heavy atom. The fraction of sp³-hybridized carbons (Fsp3) is 0.500. The minimum absolute atomic E-state index is 0.0498. The number of hydrogen-bond acceptors (Lipinski definition) is 5. The zero-order valence-electron chi connectivity index (χ0n) is 18.8. The zero-order chi connectivity index (χ0) is 22.0. The third-order valence-corrected chi connectivity index (χ3v) is 7.77. The van der Waals surface area contributed by atoms with Crippen LogP contribution in [0.5, 0.6) is 0 Å². The molecule has 4 atom stereocenters. The van der Waals surface area contributed by atoms with Gasteiger partial charge in [-0.05, 0) is 61.6 Å². The molecule has 166 valence electrons. The summed E-state index contributed by atoms with van der Waals surface area (Å²) in [6.45, 7) is 9.36. The van der Waals surface area contributed by atoms with Crippen molar-refractivity contribution in [3.8, 4) is 0 Å². The number of H-pyrrole nitrogens is 1. The van der Waals surface area contributed by atoms with Crippen LogP contribution in [0.2, 0.25) is 0 Å². The lowest BCUT2D eigenvalue weighted by molar-refractivity contribution is 0.0931. The minimum atomic E-state index is -0.158. The number of imidazole rings is 1. The second kappa shape index (κ2) is 7.18. The summed E-state index contributed by atoms with van der Waals surface area (Å²) in [6.07, 6.45) is 5.35. The molecule has 0 aromatic carbocycles. The molecule has 2 aliphatic carbocycles. The van der Waals surface area contributed by atoms with Crippen LogP contribution in [0.25, 0.3) is 0 Å². The maximum atomic E-state index is 12.8. The largest absolute Gasteiger partial charge is 0.356 e. The van der Waals surface area contributed by atoms with Gasteiger partial charge in [0, 0.05) is 30.7 Å². The van der Waals surface area contributed by atoms with Gasteiger partial charge in [0.2, 0.25) is 0 Å². The molecule has 1 saturated heterocycles. The number of rotatable bonds is 5. The van der Waals surface area contributed by atoms with Gasteiger partial charge >= 0.3 is 0 Å². The number of piperidine rings is 1. The lowest BCUT2D eigenvalue weighted by Gasteiger charge is -2.21. The van der Waals surface area contributed by atoms with Crippen LogP contribution < -0.4 is 10.2 Å². The molecule has 3 aromatic heterocycles. The van der Waals surface area contributed by atoms with E-state index in [4.69, 9.17) is 4.98 Å². The van der Waals surface area contributed by atoms with Crippen molar-refractivity contribution in [2.75, 3.05) is 18.0 Å². The minimum Gasteiger partial charge on any atom is -0.356 e. The van der Waals surface area contributed by atoms with Crippen LogP contribution in [0, 0.1) is 31.6 Å². The van der Waals surface area contributed by atoms with E-state index in [0.29, 0.717) is 12.2 Å². The van der Waals surface area contributed by atoms with Crippen LogP contribution >= 0.6 is 0 Å². The molecule has 6 rings (SSSR count). The Kier molecular flexibility index (Phi) is 4.38. The van der Waals surface area contributed by atoms with Crippen LogP contribution in [-0.4, -0.2) is 43.7 Å². The van der Waals surface area contributed by atoms with E-state index >= 15 is 0 Å². The maximum Gasteiger partial charge on any atom is 0.272 e. The monoisotopic (exact) mass is 431 g/mol. The number of anilines is 1. The number of aromatic amines is 1. The number of carbonyl (C=O) groups excluding carboxylic acids is 1. The summed E-state index contributed by atoms with van der Waals surface area (Å²) in [5.74, 6) is 3.54. The lowest BCUT2D eigenvalue weighted by atomic mass is 10.2. The van der Waals surface area contributed by atoms with Crippen LogP contribution in [0.4, 0.5) is 5.82 Å². The number of hydrogen-bond donors (Lipinski definition) is 2. The first-order chi connectivity index (χ1) is 15.5. The van der Waals surface area contributed by atoms with E-state index in [1.807, 2.05) is 17.7 Å². The first-order valence-electron chi connectivity index (χ1n) is 11.6. The van der Waals surface area contributed by atoms with Gasteiger partial charge in [0.15, 0.2) is 0 Å². The maximum absolute atomic E-state index is 12.8. The highest BCUT2D eigenvalue weighted by molar-refractivity contribution is 5.92. The van der Waals surface area contributed by atoms with Gasteiger partial charge in [0.25, 0.3) is 5.91 Å². The van der Waals surface area contributed by atoms with E-state index in [1.165, 1.54) is 5.56 Å². The Hall–Kier alpha value is -3.16. The van der Waals surface area contributed by atoms with Crippen LogP contribution in [-0.2, 0) is 13.0 Å². The summed E-state index contributed by atoms with van der Waals surface area (Å²) < 4.78 is 1.95. The molecule has 0 radical (unpaired) electrons. The van der Waals surface area contributed by atoms with Gasteiger partial charge in [0.1, 0.15) is 11.5 Å². The Morgan fingerprint density at radius 3 is 2.84 bits per heavy atom. The van der Waals surface area contributed by atoms with E-state index in [-0.39, 0.29) is 11.9 Å². The summed E-state index contributed by atoms with van der Waals surface area (Å²) in [7, 11) is 0. The Morgan fingerprint density at radius 1 is 1.25 bits per heavy atom. The molecule has 1 saturated carbocycles. The second-order valence-electron chi connectivity index (χ2n) is 9.71. The fourth-order valence-electron chi connectivity index (χ4n) is 5.56. The van der Waals surface area contributed by atoms with Crippen LogP contribution in [0.15, 0.2) is 24.7 Å². The predicted octanol–water partition coefficient (Wildman–Crippen LogP) is 2.79. The standard InChI is InChI=1S/C24H29N7O/c1-13-18-9-31(10-19(13)18)22-7-4-16(14(2)26-22)8-30-11-21(25-12-30)24(32)27-20-6-5-17-15(3)28-29-23(17)20/h4,7,11-13,18-20H,5-6,8-10H2,1-3H3,(H,27,32)(H,28,29)/t13?,18-,19+,20-/m1/s1. The van der Waals surface area contributed by atoms with Crippen molar-refractivity contribution in [2.24, 2.45) is 17.8 Å². The number of aromatic nitrogens is 5. The lowest BCUT2D eigenvalue weighted by Crippen LogP contribution is -2.27. The van der Waals surface area contributed by atoms with E-state index in [2.05, 4.69) is 51.4 Å². The van der Waals surface area contributed by atoms with Gasteiger partial charge in [-0.25, -0.2) is 9.97 Å². The third-order valence-electron chi connectivity index (χ3n) is 7.77. The van der Waals surface area contributed by atoms with Crippen molar-refractivity contribution in [1.82, 2.24) is 30.0 Å². The number of pyridine rings is 1. The van der Waals surface area contributed by atoms with Crippen molar-refractivity contribution >= 4 is 11.7 Å². The summed E-state index contributed by atoms with van der Waals surface area (Å²) in [6, 6.07) is 4.24. The Bertz CT molecular complexity index is 1180. The Balaban J connectivity index is 1.10. The van der Waals surface area contributed by atoms with Gasteiger partial charge in [-0.2, -0.15) is 5.10 Å². The van der Waals surface area contributed by atoms with Gasteiger partial charge < -0.3 is 14.8 Å². The molecule has 8 heteroatoms. The van der Waals surface area contributed by atoms with Crippen molar-refractivity contribution < 1.29 is 4.79 Å². The molecule has 0 spiro atoms. The molecule has 1 amide bonds. The van der Waals surface area contributed by atoms with Crippen LogP contribution in [0.3, 0.4) is 0 Å². The molecular weight excluding hydrogens is 402 g/mol. The van der Waals surface area contributed by atoms with Gasteiger partial charge in [-0.3, -0.25) is 9.89 Å². The number of nitrogens with one attached hydrogen (secondary N) is 2. The third kappa shape index (κ3) is 3.20. The SMILES string of the molecule is Cc1nc(N2C[C@@H]3C(C)[C@@H]3C2)ccc1Cn1cnc(C(=O)N[C@@H]2CCc3c2n[nH]c3C)c1. The average Bonchev–Trinajstić information content (AvgIpc) is 3.36. The highest BCUT2D eigenvalue weighted by Gasteiger charge is 2.52. The van der Waals surface area contributed by atoms with Gasteiger partial charge in [-0.15, -0.1) is 0 Å². The van der Waals surface area contributed by atoms with Crippen molar-refractivity contribution in [3.63, 3.8) is 0 Å². The molecule has 3 aliphatic rings. The fourth-order valence-corrected chi connectivity index (χ4v) is 5.56. The van der Waals surface area contributed by atoms with Gasteiger partial charge in [0.05, 0.1) is 24.6 Å². The molecule has 2 fully saturated rings. The summed E-state index contributed by atoms with van der Waals surface area (Å²) in [5.41, 5.74) is 5.88.